The molecule has 2 aromatic rings. The van der Waals surface area contributed by atoms with Crippen LogP contribution in [-0.2, 0) is 22.5 Å². The number of nitrogens with zero attached hydrogens (tertiary/aromatic N) is 5. The summed E-state index contributed by atoms with van der Waals surface area (Å²) in [5, 5.41) is 7.55. The quantitative estimate of drug-likeness (QED) is 0.0721. The summed E-state index contributed by atoms with van der Waals surface area (Å²) in [7, 11) is -2.32. The fourth-order valence-corrected chi connectivity index (χ4v) is 5.56. The highest BCUT2D eigenvalue weighted by atomic mass is 32.4. The minimum atomic E-state index is -4.13. The zero-order valence-corrected chi connectivity index (χ0v) is 23.6. The fraction of sp³-hybridized carbons (Fsp3) is 0.435. The highest BCUT2D eigenvalue weighted by Crippen LogP contribution is 2.46. The molecule has 10 nitrogen and oxygen atoms in total. The van der Waals surface area contributed by atoms with Crippen molar-refractivity contribution in [2.75, 3.05) is 7.05 Å². The Balaban J connectivity index is 2.07. The number of hydrogen-bond donors (Lipinski definition) is 2. The van der Waals surface area contributed by atoms with E-state index in [0.29, 0.717) is 29.9 Å². The number of hydrazone groups is 1. The molecular weight excluding hydrogens is 520 g/mol. The number of hydrogen-bond acceptors (Lipinski definition) is 6. The van der Waals surface area contributed by atoms with Crippen molar-refractivity contribution in [3.63, 3.8) is 0 Å². The Hall–Kier alpha value is -2.51. The molecule has 0 spiro atoms. The molecule has 3 unspecified atom stereocenters. The van der Waals surface area contributed by atoms with Crippen molar-refractivity contribution in [2.45, 2.75) is 57.8 Å². The lowest BCUT2D eigenvalue weighted by Crippen LogP contribution is -2.30. The molecule has 0 aliphatic rings. The first kappa shape index (κ1) is 29.7. The van der Waals surface area contributed by atoms with Crippen molar-refractivity contribution in [3.05, 3.63) is 70.1 Å². The molecule has 0 aliphatic heterocycles. The van der Waals surface area contributed by atoms with Gasteiger partial charge in [-0.2, -0.15) is 0 Å². The second kappa shape index (κ2) is 12.6. The Bertz CT molecular complexity index is 1170. The Morgan fingerprint density at radius 1 is 1.08 bits per heavy atom. The molecule has 3 atom stereocenters. The van der Waals surface area contributed by atoms with Gasteiger partial charge in [0, 0.05) is 18.3 Å². The molecule has 0 amide bonds. The summed E-state index contributed by atoms with van der Waals surface area (Å²) < 4.78 is 25.0. The molecule has 0 saturated heterocycles. The molecule has 0 aromatic heterocycles. The largest absolute Gasteiger partial charge is 0.481 e. The van der Waals surface area contributed by atoms with Gasteiger partial charge in [-0.3, -0.25) is 4.57 Å². The topological polar surface area (TPSA) is 140 Å². The van der Waals surface area contributed by atoms with Gasteiger partial charge in [0.25, 0.3) is 5.34 Å². The fourth-order valence-electron chi connectivity index (χ4n) is 3.04. The van der Waals surface area contributed by atoms with Crippen molar-refractivity contribution < 1.29 is 23.8 Å². The van der Waals surface area contributed by atoms with E-state index >= 15 is 0 Å². The minimum absolute atomic E-state index is 0.317. The van der Waals surface area contributed by atoms with Gasteiger partial charge in [0.2, 0.25) is 0 Å². The summed E-state index contributed by atoms with van der Waals surface area (Å²) in [6.07, 6.45) is 2.55. The summed E-state index contributed by atoms with van der Waals surface area (Å²) in [4.78, 5) is 21.1. The van der Waals surface area contributed by atoms with E-state index in [1.807, 2.05) is 32.9 Å². The van der Waals surface area contributed by atoms with Crippen molar-refractivity contribution >= 4 is 32.5 Å². The van der Waals surface area contributed by atoms with E-state index in [-0.39, 0.29) is 6.16 Å². The van der Waals surface area contributed by atoms with Crippen LogP contribution in [0.3, 0.4) is 0 Å². The molecule has 194 valence electrons. The first-order chi connectivity index (χ1) is 16.8. The van der Waals surface area contributed by atoms with Gasteiger partial charge in [0.1, 0.15) is 11.5 Å². The third-order valence-corrected chi connectivity index (χ3v) is 9.97. The highest BCUT2D eigenvalue weighted by molar-refractivity contribution is 8.04. The third-order valence-electron chi connectivity index (χ3n) is 5.48. The Labute approximate surface area is 217 Å². The van der Waals surface area contributed by atoms with Gasteiger partial charge in [-0.15, -0.1) is 9.88 Å². The lowest BCUT2D eigenvalue weighted by atomic mass is 10.2. The molecule has 2 N–H and O–H groups in total. The second-order valence-corrected chi connectivity index (χ2v) is 13.2. The van der Waals surface area contributed by atoms with Gasteiger partial charge in [0.05, 0.1) is 19.4 Å². The maximum absolute atomic E-state index is 11.2. The Kier molecular flexibility index (Phi) is 10.4. The van der Waals surface area contributed by atoms with Crippen LogP contribution < -0.4 is 9.47 Å². The van der Waals surface area contributed by atoms with E-state index in [9.17, 15) is 4.57 Å². The van der Waals surface area contributed by atoms with Gasteiger partial charge in [-0.1, -0.05) is 26.0 Å². The first-order valence-corrected chi connectivity index (χ1v) is 15.4. The molecular formula is C23H32N5O5P2S+. The van der Waals surface area contributed by atoms with E-state index in [4.69, 9.17) is 36.6 Å². The van der Waals surface area contributed by atoms with E-state index in [2.05, 4.69) is 15.1 Å². The van der Waals surface area contributed by atoms with E-state index < -0.39 is 25.5 Å². The van der Waals surface area contributed by atoms with E-state index in [1.165, 1.54) is 0 Å². The summed E-state index contributed by atoms with van der Waals surface area (Å²) >= 11 is 5.81. The minimum Gasteiger partial charge on any atom is -0.481 e. The van der Waals surface area contributed by atoms with Gasteiger partial charge in [0.15, 0.2) is 17.5 Å². The number of ether oxygens (including phenoxy) is 2. The average Bonchev–Trinajstić information content (AvgIpc) is 2.83. The third kappa shape index (κ3) is 8.86. The van der Waals surface area contributed by atoms with Crippen molar-refractivity contribution in [3.8, 4) is 11.5 Å². The summed E-state index contributed by atoms with van der Waals surface area (Å²) in [5.74, 6) is 1.15. The van der Waals surface area contributed by atoms with Crippen LogP contribution in [0.4, 0.5) is 0 Å². The van der Waals surface area contributed by atoms with Crippen molar-refractivity contribution in [2.24, 2.45) is 10.2 Å². The predicted octanol–water partition coefficient (Wildman–Crippen LogP) is 6.51. The maximum atomic E-state index is 11.2. The lowest BCUT2D eigenvalue weighted by molar-refractivity contribution is 0.0921. The number of azide groups is 1. The molecule has 0 radical (unpaired) electrons. The van der Waals surface area contributed by atoms with Crippen LogP contribution >= 0.6 is 14.4 Å². The molecule has 36 heavy (non-hydrogen) atoms. The van der Waals surface area contributed by atoms with Crippen LogP contribution in [0.5, 0.6) is 11.5 Å². The smallest absolute Gasteiger partial charge is 0.358 e. The standard InChI is InChI=1S/C23H31N5O5P2S/c1-6-22(3,26-27-24)32-20-12-8-18(9-13-20)16-25-28(5)34(36)23(4,7-2)33-21-14-10-19(11-15-21)17-35(29,30)31/h8-16H,6-7,17H2,1-5H3,(H-,29,30,31)/p+1/b25-16+. The molecule has 0 bridgehead atoms. The van der Waals surface area contributed by atoms with Gasteiger partial charge in [-0.25, -0.2) is 0 Å². The molecule has 0 saturated carbocycles. The van der Waals surface area contributed by atoms with Crippen LogP contribution in [-0.4, -0.2) is 38.9 Å². The molecule has 2 rings (SSSR count). The van der Waals surface area contributed by atoms with Crippen molar-refractivity contribution in [1.82, 2.24) is 4.78 Å². The van der Waals surface area contributed by atoms with Crippen molar-refractivity contribution in [1.29, 1.82) is 0 Å². The van der Waals surface area contributed by atoms with Crippen LogP contribution in [0, 0.1) is 0 Å². The summed E-state index contributed by atoms with van der Waals surface area (Å²) in [6.45, 7) is 6.26. The molecule has 13 heteroatoms. The Morgan fingerprint density at radius 3 is 2.14 bits per heavy atom. The predicted molar refractivity (Wildman–Crippen MR) is 146 cm³/mol. The second-order valence-electron chi connectivity index (χ2n) is 8.49. The highest BCUT2D eigenvalue weighted by Gasteiger charge is 2.45. The summed E-state index contributed by atoms with van der Waals surface area (Å²) in [6, 6.07) is 13.9. The molecule has 0 aliphatic carbocycles. The molecule has 0 fully saturated rings. The van der Waals surface area contributed by atoms with E-state index in [1.54, 1.807) is 61.4 Å². The number of rotatable bonds is 13. The Morgan fingerprint density at radius 2 is 1.64 bits per heavy atom. The van der Waals surface area contributed by atoms with Crippen LogP contribution in [0.25, 0.3) is 10.4 Å². The van der Waals surface area contributed by atoms with Gasteiger partial charge in [-0.05, 0) is 71.5 Å². The van der Waals surface area contributed by atoms with Gasteiger partial charge < -0.3 is 19.3 Å². The first-order valence-electron chi connectivity index (χ1n) is 11.3. The average molecular weight is 553 g/mol. The van der Waals surface area contributed by atoms with Gasteiger partial charge >= 0.3 is 14.4 Å². The normalized spacial score (nSPS) is 15.4. The molecule has 2 aromatic carbocycles. The van der Waals surface area contributed by atoms with Crippen LogP contribution in [0.1, 0.15) is 51.7 Å². The monoisotopic (exact) mass is 552 g/mol. The summed E-state index contributed by atoms with van der Waals surface area (Å²) in [5.41, 5.74) is 9.16. The SMILES string of the molecule is CCC(C)(N=[N+]=[N-])Oc1ccc(/C=N/N(C)[P+](=S)C(C)(CC)Oc2ccc(CP(=O)(O)O)cc2)cc1. The maximum Gasteiger partial charge on any atom is 0.358 e. The molecule has 0 heterocycles. The van der Waals surface area contributed by atoms with E-state index in [0.717, 1.165) is 5.56 Å². The lowest BCUT2D eigenvalue weighted by Gasteiger charge is -2.24. The zero-order valence-electron chi connectivity index (χ0n) is 21.0. The van der Waals surface area contributed by atoms with Crippen LogP contribution in [0.2, 0.25) is 0 Å². The number of benzene rings is 2. The van der Waals surface area contributed by atoms with Crippen LogP contribution in [0.15, 0.2) is 58.7 Å². The zero-order chi connectivity index (χ0) is 27.0.